The van der Waals surface area contributed by atoms with Crippen LogP contribution in [0.3, 0.4) is 0 Å². The van der Waals surface area contributed by atoms with Crippen LogP contribution in [0.4, 0.5) is 10.1 Å². The molecule has 0 bridgehead atoms. The third-order valence-corrected chi connectivity index (χ3v) is 3.25. The molecular weight excluding hydrogens is 269 g/mol. The molecule has 0 atom stereocenters. The molecule has 3 aromatic carbocycles. The summed E-state index contributed by atoms with van der Waals surface area (Å²) >= 11 is 0. The first-order valence-corrected chi connectivity index (χ1v) is 6.47. The molecule has 0 aromatic heterocycles. The average Bonchev–Trinajstić information content (AvgIpc) is 2.50. The Labute approximate surface area is 121 Å². The highest BCUT2D eigenvalue weighted by atomic mass is 19.1. The van der Waals surface area contributed by atoms with E-state index in [9.17, 15) is 4.39 Å². The summed E-state index contributed by atoms with van der Waals surface area (Å²) in [6.45, 7) is 0. The minimum atomic E-state index is -0.527. The molecule has 0 heterocycles. The van der Waals surface area contributed by atoms with Crippen LogP contribution in [0.2, 0.25) is 0 Å². The van der Waals surface area contributed by atoms with Crippen molar-refractivity contribution in [3.63, 3.8) is 0 Å². The minimum absolute atomic E-state index is 0.0809. The maximum absolute atomic E-state index is 14.0. The number of hydrogen-bond acceptors (Lipinski definition) is 3. The van der Waals surface area contributed by atoms with Gasteiger partial charge in [-0.25, -0.2) is 4.39 Å². The molecule has 0 spiro atoms. The molecular formula is C17H14FNO2. The number of anilines is 1. The van der Waals surface area contributed by atoms with Crippen LogP contribution in [0.1, 0.15) is 0 Å². The molecule has 0 aliphatic rings. The Morgan fingerprint density at radius 1 is 0.905 bits per heavy atom. The van der Waals surface area contributed by atoms with E-state index in [2.05, 4.69) is 0 Å². The van der Waals surface area contributed by atoms with Crippen molar-refractivity contribution >= 4 is 16.5 Å². The van der Waals surface area contributed by atoms with Crippen molar-refractivity contribution in [1.82, 2.24) is 0 Å². The Kier molecular flexibility index (Phi) is 3.36. The average molecular weight is 283 g/mol. The van der Waals surface area contributed by atoms with Crippen LogP contribution in [0, 0.1) is 5.82 Å². The van der Waals surface area contributed by atoms with Crippen LogP contribution in [-0.4, -0.2) is 7.11 Å². The molecule has 0 aliphatic heterocycles. The van der Waals surface area contributed by atoms with E-state index in [1.807, 2.05) is 36.4 Å². The smallest absolute Gasteiger partial charge is 0.168 e. The van der Waals surface area contributed by atoms with Gasteiger partial charge in [0.15, 0.2) is 11.6 Å². The number of rotatable bonds is 3. The number of hydrogen-bond donors (Lipinski definition) is 1. The van der Waals surface area contributed by atoms with Crippen molar-refractivity contribution in [2.75, 3.05) is 12.8 Å². The summed E-state index contributed by atoms with van der Waals surface area (Å²) in [5.41, 5.74) is 5.90. The number of benzene rings is 3. The first-order valence-electron chi connectivity index (χ1n) is 6.47. The van der Waals surface area contributed by atoms with Gasteiger partial charge >= 0.3 is 0 Å². The van der Waals surface area contributed by atoms with E-state index < -0.39 is 5.82 Å². The predicted molar refractivity (Wildman–Crippen MR) is 81.4 cm³/mol. The van der Waals surface area contributed by atoms with Crippen molar-refractivity contribution < 1.29 is 13.9 Å². The largest absolute Gasteiger partial charge is 0.494 e. The molecule has 4 heteroatoms. The third-order valence-electron chi connectivity index (χ3n) is 3.25. The Hall–Kier alpha value is -2.75. The first kappa shape index (κ1) is 13.2. The van der Waals surface area contributed by atoms with E-state index >= 15 is 0 Å². The lowest BCUT2D eigenvalue weighted by molar-refractivity contribution is 0.404. The molecule has 3 nitrogen and oxygen atoms in total. The van der Waals surface area contributed by atoms with Crippen LogP contribution in [0.15, 0.2) is 54.6 Å². The van der Waals surface area contributed by atoms with Gasteiger partial charge in [-0.05, 0) is 11.5 Å². The summed E-state index contributed by atoms with van der Waals surface area (Å²) < 4.78 is 24.8. The SMILES string of the molecule is COc1cc(Oc2cccc3ccccc23)c(F)cc1N. The second-order valence-electron chi connectivity index (χ2n) is 4.60. The Bertz CT molecular complexity index is 797. The van der Waals surface area contributed by atoms with E-state index in [0.29, 0.717) is 11.5 Å². The van der Waals surface area contributed by atoms with E-state index in [-0.39, 0.29) is 11.4 Å². The molecule has 0 amide bonds. The molecule has 0 unspecified atom stereocenters. The van der Waals surface area contributed by atoms with E-state index in [4.69, 9.17) is 15.2 Å². The third kappa shape index (κ3) is 2.48. The Balaban J connectivity index is 2.07. The van der Waals surface area contributed by atoms with E-state index in [1.165, 1.54) is 19.2 Å². The van der Waals surface area contributed by atoms with Crippen molar-refractivity contribution in [2.45, 2.75) is 0 Å². The van der Waals surface area contributed by atoms with Gasteiger partial charge in [0.05, 0.1) is 12.8 Å². The fourth-order valence-corrected chi connectivity index (χ4v) is 2.21. The molecule has 3 rings (SSSR count). The van der Waals surface area contributed by atoms with Crippen LogP contribution >= 0.6 is 0 Å². The summed E-state index contributed by atoms with van der Waals surface area (Å²) in [6, 6.07) is 16.0. The van der Waals surface area contributed by atoms with Crippen molar-refractivity contribution in [3.8, 4) is 17.2 Å². The van der Waals surface area contributed by atoms with Crippen molar-refractivity contribution in [1.29, 1.82) is 0 Å². The van der Waals surface area contributed by atoms with Crippen molar-refractivity contribution in [3.05, 3.63) is 60.4 Å². The van der Waals surface area contributed by atoms with Crippen LogP contribution in [-0.2, 0) is 0 Å². The molecule has 2 N–H and O–H groups in total. The fourth-order valence-electron chi connectivity index (χ4n) is 2.21. The van der Waals surface area contributed by atoms with Crippen LogP contribution < -0.4 is 15.2 Å². The van der Waals surface area contributed by atoms with Crippen molar-refractivity contribution in [2.24, 2.45) is 0 Å². The topological polar surface area (TPSA) is 44.5 Å². The zero-order chi connectivity index (χ0) is 14.8. The van der Waals surface area contributed by atoms with Gasteiger partial charge < -0.3 is 15.2 Å². The number of nitrogen functional groups attached to an aromatic ring is 1. The highest BCUT2D eigenvalue weighted by Crippen LogP contribution is 2.35. The standard InChI is InChI=1S/C17H14FNO2/c1-20-17-10-16(13(18)9-14(17)19)21-15-8-4-6-11-5-2-3-7-12(11)15/h2-10H,19H2,1H3. The second kappa shape index (κ2) is 5.32. The Morgan fingerprint density at radius 3 is 2.48 bits per heavy atom. The normalized spacial score (nSPS) is 10.6. The summed E-state index contributed by atoms with van der Waals surface area (Å²) in [4.78, 5) is 0. The number of fused-ring (bicyclic) bond motifs is 1. The molecule has 3 aromatic rings. The van der Waals surface area contributed by atoms with Gasteiger partial charge in [0.1, 0.15) is 11.5 Å². The second-order valence-corrected chi connectivity index (χ2v) is 4.60. The van der Waals surface area contributed by atoms with Crippen LogP contribution in [0.25, 0.3) is 10.8 Å². The molecule has 106 valence electrons. The molecule has 0 saturated carbocycles. The maximum atomic E-state index is 14.0. The Morgan fingerprint density at radius 2 is 1.67 bits per heavy atom. The van der Waals surface area contributed by atoms with Gasteiger partial charge in [-0.1, -0.05) is 36.4 Å². The molecule has 21 heavy (non-hydrogen) atoms. The summed E-state index contributed by atoms with van der Waals surface area (Å²) in [6.07, 6.45) is 0. The minimum Gasteiger partial charge on any atom is -0.494 e. The van der Waals surface area contributed by atoms with Gasteiger partial charge in [-0.15, -0.1) is 0 Å². The first-order chi connectivity index (χ1) is 10.2. The lowest BCUT2D eigenvalue weighted by atomic mass is 10.1. The van der Waals surface area contributed by atoms with Crippen LogP contribution in [0.5, 0.6) is 17.2 Å². The lowest BCUT2D eigenvalue weighted by Gasteiger charge is -2.12. The number of methoxy groups -OCH3 is 1. The lowest BCUT2D eigenvalue weighted by Crippen LogP contribution is -1.96. The zero-order valence-electron chi connectivity index (χ0n) is 11.5. The quantitative estimate of drug-likeness (QED) is 0.726. The van der Waals surface area contributed by atoms with Gasteiger partial charge in [0, 0.05) is 17.5 Å². The summed E-state index contributed by atoms with van der Waals surface area (Å²) in [5, 5.41) is 1.94. The highest BCUT2D eigenvalue weighted by Gasteiger charge is 2.12. The van der Waals surface area contributed by atoms with Gasteiger partial charge in [-0.2, -0.15) is 0 Å². The van der Waals surface area contributed by atoms with Gasteiger partial charge in [0.25, 0.3) is 0 Å². The zero-order valence-corrected chi connectivity index (χ0v) is 11.5. The number of ether oxygens (including phenoxy) is 2. The molecule has 0 radical (unpaired) electrons. The predicted octanol–water partition coefficient (Wildman–Crippen LogP) is 4.36. The highest BCUT2D eigenvalue weighted by molar-refractivity contribution is 5.88. The number of halogens is 1. The summed E-state index contributed by atoms with van der Waals surface area (Å²) in [5.74, 6) is 0.518. The van der Waals surface area contributed by atoms with E-state index in [0.717, 1.165) is 10.8 Å². The fraction of sp³-hybridized carbons (Fsp3) is 0.0588. The van der Waals surface area contributed by atoms with E-state index in [1.54, 1.807) is 6.07 Å². The monoisotopic (exact) mass is 283 g/mol. The van der Waals surface area contributed by atoms with Gasteiger partial charge in [-0.3, -0.25) is 0 Å². The van der Waals surface area contributed by atoms with Gasteiger partial charge in [0.2, 0.25) is 0 Å². The molecule has 0 saturated heterocycles. The number of nitrogens with two attached hydrogens (primary N) is 1. The maximum Gasteiger partial charge on any atom is 0.168 e. The molecule has 0 aliphatic carbocycles. The summed E-state index contributed by atoms with van der Waals surface area (Å²) in [7, 11) is 1.48. The molecule has 0 fully saturated rings.